The molecule has 0 bridgehead atoms. The Kier molecular flexibility index (Phi) is 27.7. The summed E-state index contributed by atoms with van der Waals surface area (Å²) >= 11 is 0. The Bertz CT molecular complexity index is 394. The highest BCUT2D eigenvalue weighted by Gasteiger charge is 2.20. The number of nitriles is 1. The molecule has 0 aliphatic carbocycles. The molecule has 0 saturated carbocycles. The number of hydrogen-bond acceptors (Lipinski definition) is 2. The standard InChI is InChI=1S/C25H54N.C2N3/c1-5-8-11-14-17-20-23-26(4,24-21-18-15-12-9-6-2)25-22-19-16-13-10-7-3;3-1-5-2-4/h5-25H2,1-4H3;/q+1;-1. The van der Waals surface area contributed by atoms with Gasteiger partial charge in [-0.3, -0.25) is 0 Å². The Morgan fingerprint density at radius 2 is 0.871 bits per heavy atom. The number of unbranched alkanes of at least 4 members (excludes halogenated alkanes) is 15. The quantitative estimate of drug-likeness (QED) is 0.0770. The molecule has 0 rings (SSSR count). The molecule has 182 valence electrons. The van der Waals surface area contributed by atoms with E-state index in [2.05, 4.69) is 32.8 Å². The number of aliphatic imine (C=N–C) groups is 1. The van der Waals surface area contributed by atoms with E-state index < -0.39 is 0 Å². The monoisotopic (exact) mass is 434 g/mol. The van der Waals surface area contributed by atoms with E-state index in [1.54, 1.807) is 0 Å². The molecule has 0 fully saturated rings. The SMILES string of the molecule is CCCCCCCC[N+](C)(CCCCCCCC)CCCCCCCC.N#CN=C=[N-]. The molecule has 0 atom stereocenters. The highest BCUT2D eigenvalue weighted by Crippen LogP contribution is 2.16. The van der Waals surface area contributed by atoms with E-state index in [1.807, 2.05) is 0 Å². The third-order valence-corrected chi connectivity index (χ3v) is 6.25. The molecule has 31 heavy (non-hydrogen) atoms. The van der Waals surface area contributed by atoms with Crippen molar-refractivity contribution in [2.24, 2.45) is 4.99 Å². The Labute approximate surface area is 195 Å². The third-order valence-electron chi connectivity index (χ3n) is 6.25. The highest BCUT2D eigenvalue weighted by molar-refractivity contribution is 5.46. The van der Waals surface area contributed by atoms with Gasteiger partial charge in [0.05, 0.1) is 32.9 Å². The number of quaternary nitrogens is 1. The van der Waals surface area contributed by atoms with E-state index in [0.717, 1.165) is 0 Å². The molecule has 0 spiro atoms. The Hall–Kier alpha value is -1.17. The second-order valence-corrected chi connectivity index (χ2v) is 9.41. The second-order valence-electron chi connectivity index (χ2n) is 9.41. The minimum Gasteiger partial charge on any atom is -0.422 e. The summed E-state index contributed by atoms with van der Waals surface area (Å²) in [7, 11) is 2.56. The molecule has 0 aromatic carbocycles. The number of nitrogens with zero attached hydrogens (tertiary/aromatic N) is 4. The zero-order valence-electron chi connectivity index (χ0n) is 21.6. The van der Waals surface area contributed by atoms with Crippen LogP contribution in [0.25, 0.3) is 5.41 Å². The molecule has 0 amide bonds. The van der Waals surface area contributed by atoms with Gasteiger partial charge >= 0.3 is 0 Å². The van der Waals surface area contributed by atoms with Crippen molar-refractivity contribution < 1.29 is 4.48 Å². The molecular formula is C27H54N4. The average Bonchev–Trinajstić information content (AvgIpc) is 2.77. The van der Waals surface area contributed by atoms with Crippen LogP contribution in [0, 0.1) is 11.5 Å². The summed E-state index contributed by atoms with van der Waals surface area (Å²) < 4.78 is 1.36. The fraction of sp³-hybridized carbons (Fsp3) is 0.926. The molecule has 0 radical (unpaired) electrons. The fourth-order valence-electron chi connectivity index (χ4n) is 4.18. The normalized spacial score (nSPS) is 10.7. The van der Waals surface area contributed by atoms with Gasteiger partial charge in [0.2, 0.25) is 0 Å². The average molecular weight is 435 g/mol. The van der Waals surface area contributed by atoms with Crippen molar-refractivity contribution in [1.82, 2.24) is 0 Å². The summed E-state index contributed by atoms with van der Waals surface area (Å²) in [5.74, 6) is 0. The molecule has 0 heterocycles. The first-order chi connectivity index (χ1) is 15.1. The summed E-state index contributed by atoms with van der Waals surface area (Å²) in [5, 5.41) is 14.9. The molecule has 0 unspecified atom stereocenters. The summed E-state index contributed by atoms with van der Waals surface area (Å²) in [6.45, 7) is 11.2. The van der Waals surface area contributed by atoms with Crippen molar-refractivity contribution in [3.63, 3.8) is 0 Å². The van der Waals surface area contributed by atoms with Gasteiger partial charge in [-0.1, -0.05) is 97.8 Å². The van der Waals surface area contributed by atoms with Gasteiger partial charge in [-0.05, 0) is 38.5 Å². The van der Waals surface area contributed by atoms with Crippen molar-refractivity contribution in [2.45, 2.75) is 136 Å². The predicted molar refractivity (Wildman–Crippen MR) is 137 cm³/mol. The zero-order chi connectivity index (χ0) is 23.5. The molecule has 0 saturated heterocycles. The van der Waals surface area contributed by atoms with Crippen LogP contribution in [0.15, 0.2) is 4.99 Å². The van der Waals surface area contributed by atoms with Gasteiger partial charge in [0.25, 0.3) is 0 Å². The Balaban J connectivity index is 0. The van der Waals surface area contributed by atoms with E-state index in [9.17, 15) is 0 Å². The first-order valence-corrected chi connectivity index (χ1v) is 13.4. The maximum absolute atomic E-state index is 7.43. The molecule has 0 aromatic rings. The van der Waals surface area contributed by atoms with Crippen molar-refractivity contribution in [1.29, 1.82) is 5.26 Å². The zero-order valence-corrected chi connectivity index (χ0v) is 21.6. The van der Waals surface area contributed by atoms with Crippen LogP contribution in [0.5, 0.6) is 0 Å². The fourth-order valence-corrected chi connectivity index (χ4v) is 4.18. The molecule has 0 N–H and O–H groups in total. The minimum absolute atomic E-state index is 1.28. The maximum atomic E-state index is 7.43. The molecular weight excluding hydrogens is 380 g/mol. The van der Waals surface area contributed by atoms with Crippen LogP contribution >= 0.6 is 0 Å². The highest BCUT2D eigenvalue weighted by atomic mass is 15.3. The van der Waals surface area contributed by atoms with E-state index in [-0.39, 0.29) is 0 Å². The van der Waals surface area contributed by atoms with Crippen LogP contribution in [0.2, 0.25) is 0 Å². The van der Waals surface area contributed by atoms with Gasteiger partial charge < -0.3 is 14.9 Å². The van der Waals surface area contributed by atoms with Crippen molar-refractivity contribution in [3.05, 3.63) is 5.41 Å². The lowest BCUT2D eigenvalue weighted by molar-refractivity contribution is -0.910. The largest absolute Gasteiger partial charge is 0.422 e. The van der Waals surface area contributed by atoms with Crippen LogP contribution in [0.4, 0.5) is 0 Å². The lowest BCUT2D eigenvalue weighted by Crippen LogP contribution is -2.46. The number of rotatable bonds is 21. The summed E-state index contributed by atoms with van der Waals surface area (Å²) in [4.78, 5) is 2.58. The van der Waals surface area contributed by atoms with E-state index in [4.69, 9.17) is 10.7 Å². The van der Waals surface area contributed by atoms with Gasteiger partial charge in [-0.25, -0.2) is 0 Å². The third kappa shape index (κ3) is 26.8. The Morgan fingerprint density at radius 3 is 1.10 bits per heavy atom. The van der Waals surface area contributed by atoms with E-state index in [1.165, 1.54) is 152 Å². The number of hydrogen-bond donors (Lipinski definition) is 0. The van der Waals surface area contributed by atoms with Crippen LogP contribution in [0.3, 0.4) is 0 Å². The summed E-state index contributed by atoms with van der Waals surface area (Å²) in [6.07, 6.45) is 27.1. The summed E-state index contributed by atoms with van der Waals surface area (Å²) in [5.41, 5.74) is 0. The van der Waals surface area contributed by atoms with Crippen LogP contribution in [0.1, 0.15) is 136 Å². The lowest BCUT2D eigenvalue weighted by atomic mass is 10.1. The van der Waals surface area contributed by atoms with Crippen molar-refractivity contribution >= 4 is 6.01 Å². The Morgan fingerprint density at radius 1 is 0.581 bits per heavy atom. The molecule has 0 aromatic heterocycles. The van der Waals surface area contributed by atoms with Crippen molar-refractivity contribution in [2.75, 3.05) is 26.7 Å². The van der Waals surface area contributed by atoms with Crippen LogP contribution < -0.4 is 0 Å². The molecule has 4 heteroatoms. The van der Waals surface area contributed by atoms with Gasteiger partial charge in [-0.2, -0.15) is 5.26 Å². The summed E-state index contributed by atoms with van der Waals surface area (Å²) in [6, 6.07) is 1.28. The van der Waals surface area contributed by atoms with E-state index >= 15 is 0 Å². The first-order valence-electron chi connectivity index (χ1n) is 13.4. The minimum atomic E-state index is 1.28. The van der Waals surface area contributed by atoms with Crippen molar-refractivity contribution in [3.8, 4) is 6.19 Å². The first kappa shape index (κ1) is 32.0. The maximum Gasteiger partial charge on any atom is 0.0925 e. The van der Waals surface area contributed by atoms with Gasteiger partial charge in [0, 0.05) is 0 Å². The smallest absolute Gasteiger partial charge is 0.0925 e. The van der Waals surface area contributed by atoms with E-state index in [0.29, 0.717) is 0 Å². The molecule has 0 aliphatic rings. The van der Waals surface area contributed by atoms with Crippen LogP contribution in [-0.4, -0.2) is 37.2 Å². The molecule has 4 nitrogen and oxygen atoms in total. The second kappa shape index (κ2) is 26.9. The van der Waals surface area contributed by atoms with Gasteiger partial charge in [0.15, 0.2) is 0 Å². The van der Waals surface area contributed by atoms with Gasteiger partial charge in [-0.15, -0.1) is 6.01 Å². The van der Waals surface area contributed by atoms with Gasteiger partial charge in [0.1, 0.15) is 0 Å². The predicted octanol–water partition coefficient (Wildman–Crippen LogP) is 8.73. The topological polar surface area (TPSA) is 58.5 Å². The van der Waals surface area contributed by atoms with Crippen LogP contribution in [-0.2, 0) is 0 Å². The molecule has 0 aliphatic heterocycles. The lowest BCUT2D eigenvalue weighted by Gasteiger charge is -2.35.